The van der Waals surface area contributed by atoms with Crippen LogP contribution >= 0.6 is 0 Å². The highest BCUT2D eigenvalue weighted by Crippen LogP contribution is 2.28. The average Bonchev–Trinajstić information content (AvgIpc) is 2.81. The van der Waals surface area contributed by atoms with E-state index in [9.17, 15) is 14.9 Å². The van der Waals surface area contributed by atoms with Gasteiger partial charge in [0.2, 0.25) is 0 Å². The number of aromatic nitrogens is 3. The minimum absolute atomic E-state index is 0.0280. The number of nitro benzene ring substituents is 1. The molecule has 98 valence electrons. The molecule has 0 spiro atoms. The van der Waals surface area contributed by atoms with E-state index in [1.807, 2.05) is 0 Å². The van der Waals surface area contributed by atoms with Gasteiger partial charge in [0.05, 0.1) is 11.1 Å². The van der Waals surface area contributed by atoms with Crippen molar-refractivity contribution in [3.8, 4) is 5.75 Å². The van der Waals surface area contributed by atoms with Gasteiger partial charge in [-0.3, -0.25) is 19.6 Å². The van der Waals surface area contributed by atoms with Crippen LogP contribution in [0.5, 0.6) is 5.75 Å². The third-order valence-corrected chi connectivity index (χ3v) is 2.34. The van der Waals surface area contributed by atoms with E-state index in [-0.39, 0.29) is 18.0 Å². The Bertz CT molecular complexity index is 623. The van der Waals surface area contributed by atoms with E-state index in [0.717, 1.165) is 0 Å². The number of carbonyl (C=O) groups excluding carboxylic acids is 1. The van der Waals surface area contributed by atoms with Gasteiger partial charge >= 0.3 is 5.69 Å². The summed E-state index contributed by atoms with van der Waals surface area (Å²) in [6.45, 7) is 0.0387. The maximum atomic E-state index is 10.8. The topological polar surface area (TPSA) is 100 Å². The Morgan fingerprint density at radius 3 is 2.89 bits per heavy atom. The zero-order valence-electron chi connectivity index (χ0n) is 10.0. The summed E-state index contributed by atoms with van der Waals surface area (Å²) in [5.41, 5.74) is 0.641. The molecule has 2 aromatic rings. The number of nitro groups is 1. The predicted octanol–water partition coefficient (Wildman–Crippen LogP) is 1.11. The lowest BCUT2D eigenvalue weighted by Gasteiger charge is -2.05. The summed E-state index contributed by atoms with van der Waals surface area (Å²) in [5.74, 6) is 0.0280. The van der Waals surface area contributed by atoms with E-state index in [4.69, 9.17) is 4.74 Å². The molecule has 0 aliphatic rings. The minimum atomic E-state index is -0.569. The summed E-state index contributed by atoms with van der Waals surface area (Å²) >= 11 is 0. The van der Waals surface area contributed by atoms with Gasteiger partial charge < -0.3 is 4.74 Å². The van der Waals surface area contributed by atoms with Gasteiger partial charge in [-0.1, -0.05) is 5.21 Å². The van der Waals surface area contributed by atoms with Crippen molar-refractivity contribution in [2.75, 3.05) is 0 Å². The van der Waals surface area contributed by atoms with Crippen LogP contribution in [0.1, 0.15) is 16.1 Å². The van der Waals surface area contributed by atoms with Crippen molar-refractivity contribution in [1.29, 1.82) is 0 Å². The van der Waals surface area contributed by atoms with Gasteiger partial charge in [-0.2, -0.15) is 0 Å². The molecule has 0 N–H and O–H groups in total. The average molecular weight is 262 g/mol. The lowest BCUT2D eigenvalue weighted by atomic mass is 10.2. The largest absolute Gasteiger partial charge is 0.480 e. The molecule has 0 saturated carbocycles. The Labute approximate surface area is 107 Å². The zero-order chi connectivity index (χ0) is 13.8. The molecule has 1 aromatic heterocycles. The summed E-state index contributed by atoms with van der Waals surface area (Å²) in [6.07, 6.45) is 2.23. The first kappa shape index (κ1) is 12.7. The molecule has 0 aliphatic heterocycles. The van der Waals surface area contributed by atoms with Gasteiger partial charge in [-0.05, 0) is 12.1 Å². The van der Waals surface area contributed by atoms with E-state index in [1.165, 1.54) is 22.9 Å². The summed E-state index contributed by atoms with van der Waals surface area (Å²) in [5, 5.41) is 18.4. The summed E-state index contributed by atoms with van der Waals surface area (Å²) in [6, 6.07) is 3.91. The fourth-order valence-electron chi connectivity index (χ4n) is 1.48. The number of hydrogen-bond acceptors (Lipinski definition) is 6. The lowest BCUT2D eigenvalue weighted by Crippen LogP contribution is -2.00. The van der Waals surface area contributed by atoms with Crippen LogP contribution in [0.25, 0.3) is 0 Å². The zero-order valence-corrected chi connectivity index (χ0v) is 10.0. The van der Waals surface area contributed by atoms with E-state index in [0.29, 0.717) is 17.5 Å². The fraction of sp³-hybridized carbons (Fsp3) is 0.182. The molecule has 2 rings (SSSR count). The molecule has 0 radical (unpaired) electrons. The minimum Gasteiger partial charge on any atom is -0.480 e. The molecule has 19 heavy (non-hydrogen) atoms. The van der Waals surface area contributed by atoms with Crippen molar-refractivity contribution in [3.05, 3.63) is 45.8 Å². The van der Waals surface area contributed by atoms with Crippen LogP contribution in [0.4, 0.5) is 5.69 Å². The Morgan fingerprint density at radius 1 is 1.53 bits per heavy atom. The molecule has 0 aliphatic carbocycles. The molecule has 0 bridgehead atoms. The van der Waals surface area contributed by atoms with Crippen LogP contribution in [0, 0.1) is 10.1 Å². The molecule has 0 amide bonds. The number of ether oxygens (including phenoxy) is 1. The Balaban J connectivity index is 2.22. The van der Waals surface area contributed by atoms with Crippen molar-refractivity contribution in [2.24, 2.45) is 7.05 Å². The highest BCUT2D eigenvalue weighted by atomic mass is 16.6. The molecule has 0 fully saturated rings. The monoisotopic (exact) mass is 262 g/mol. The molecule has 0 unspecified atom stereocenters. The maximum Gasteiger partial charge on any atom is 0.310 e. The van der Waals surface area contributed by atoms with Crippen molar-refractivity contribution in [1.82, 2.24) is 15.0 Å². The first-order valence-electron chi connectivity index (χ1n) is 5.32. The quantitative estimate of drug-likeness (QED) is 0.454. The van der Waals surface area contributed by atoms with Gasteiger partial charge in [0, 0.05) is 18.7 Å². The highest BCUT2D eigenvalue weighted by molar-refractivity contribution is 5.76. The third-order valence-electron chi connectivity index (χ3n) is 2.34. The second-order valence-corrected chi connectivity index (χ2v) is 3.77. The first-order chi connectivity index (χ1) is 9.10. The normalized spacial score (nSPS) is 10.2. The van der Waals surface area contributed by atoms with Crippen molar-refractivity contribution < 1.29 is 14.5 Å². The molecule has 8 heteroatoms. The molecule has 0 atom stereocenters. The van der Waals surface area contributed by atoms with Gasteiger partial charge in [0.25, 0.3) is 0 Å². The van der Waals surface area contributed by atoms with Crippen LogP contribution in [0.2, 0.25) is 0 Å². The van der Waals surface area contributed by atoms with Crippen LogP contribution in [-0.2, 0) is 13.7 Å². The Kier molecular flexibility index (Phi) is 3.51. The third kappa shape index (κ3) is 2.92. The van der Waals surface area contributed by atoms with Crippen LogP contribution in [0.3, 0.4) is 0 Å². The molecule has 8 nitrogen and oxygen atoms in total. The molecular formula is C11H10N4O4. The number of carbonyl (C=O) groups is 1. The number of rotatable bonds is 5. The summed E-state index contributed by atoms with van der Waals surface area (Å²) < 4.78 is 6.82. The Morgan fingerprint density at radius 2 is 2.32 bits per heavy atom. The van der Waals surface area contributed by atoms with E-state index >= 15 is 0 Å². The second-order valence-electron chi connectivity index (χ2n) is 3.77. The number of nitrogens with zero attached hydrogens (tertiary/aromatic N) is 4. The van der Waals surface area contributed by atoms with Crippen LogP contribution < -0.4 is 4.74 Å². The summed E-state index contributed by atoms with van der Waals surface area (Å²) in [4.78, 5) is 20.9. The van der Waals surface area contributed by atoms with Crippen molar-refractivity contribution in [2.45, 2.75) is 6.61 Å². The standard InChI is InChI=1S/C11H10N4O4/c1-14-5-9(12-13-14)7-19-11-4-8(6-16)2-3-10(11)15(17)18/h2-6H,7H2,1H3. The van der Waals surface area contributed by atoms with Gasteiger partial charge in [-0.15, -0.1) is 5.10 Å². The second kappa shape index (κ2) is 5.25. The predicted molar refractivity (Wildman–Crippen MR) is 63.8 cm³/mol. The van der Waals surface area contributed by atoms with Crippen molar-refractivity contribution in [3.63, 3.8) is 0 Å². The molecule has 1 heterocycles. The fourth-order valence-corrected chi connectivity index (χ4v) is 1.48. The number of benzene rings is 1. The van der Waals surface area contributed by atoms with E-state index in [2.05, 4.69) is 10.3 Å². The van der Waals surface area contributed by atoms with E-state index in [1.54, 1.807) is 13.2 Å². The van der Waals surface area contributed by atoms with Crippen LogP contribution in [-0.4, -0.2) is 26.2 Å². The highest BCUT2D eigenvalue weighted by Gasteiger charge is 2.16. The van der Waals surface area contributed by atoms with Gasteiger partial charge in [-0.25, -0.2) is 0 Å². The SMILES string of the molecule is Cn1cc(COc2cc(C=O)ccc2[N+](=O)[O-])nn1. The van der Waals surface area contributed by atoms with Crippen molar-refractivity contribution >= 4 is 12.0 Å². The molecular weight excluding hydrogens is 252 g/mol. The number of aryl methyl sites for hydroxylation is 1. The number of hydrogen-bond donors (Lipinski definition) is 0. The smallest absolute Gasteiger partial charge is 0.310 e. The summed E-state index contributed by atoms with van der Waals surface area (Å²) in [7, 11) is 1.70. The van der Waals surface area contributed by atoms with Gasteiger partial charge in [0.1, 0.15) is 18.6 Å². The van der Waals surface area contributed by atoms with Gasteiger partial charge in [0.15, 0.2) is 5.75 Å². The lowest BCUT2D eigenvalue weighted by molar-refractivity contribution is -0.385. The number of aldehydes is 1. The maximum absolute atomic E-state index is 10.8. The Hall–Kier alpha value is -2.77. The molecule has 0 saturated heterocycles. The molecule has 1 aromatic carbocycles. The van der Waals surface area contributed by atoms with E-state index < -0.39 is 4.92 Å². The van der Waals surface area contributed by atoms with Crippen LogP contribution in [0.15, 0.2) is 24.4 Å². The first-order valence-corrected chi connectivity index (χ1v) is 5.32.